The Morgan fingerprint density at radius 2 is 1.44 bits per heavy atom. The van der Waals surface area contributed by atoms with Crippen LogP contribution in [0.5, 0.6) is 0 Å². The SMILES string of the molecule is CCCCOC(C)CNC(=O)CN(CC(=O)NCC(C)(C)C)C1CCN(C(=O)CCCCC2(N(C)CC(=O)O)CN(CC(=O)O)CCN(CC(=O)O)C2)C1. The molecule has 0 saturated carbocycles. The number of amides is 3. The van der Waals surface area contributed by atoms with Gasteiger partial charge in [0.1, 0.15) is 0 Å². The fourth-order valence-corrected chi connectivity index (χ4v) is 7.00. The van der Waals surface area contributed by atoms with Crippen LogP contribution in [0.3, 0.4) is 0 Å². The summed E-state index contributed by atoms with van der Waals surface area (Å²) in [5.41, 5.74) is -0.977. The van der Waals surface area contributed by atoms with Gasteiger partial charge in [-0.25, -0.2) is 0 Å². The van der Waals surface area contributed by atoms with Crippen LogP contribution in [0.25, 0.3) is 0 Å². The van der Waals surface area contributed by atoms with Crippen LogP contribution >= 0.6 is 0 Å². The van der Waals surface area contributed by atoms with Gasteiger partial charge in [-0.1, -0.05) is 40.5 Å². The maximum absolute atomic E-state index is 13.5. The standard InChI is InChI=1S/C37H67N7O10/c1-7-8-17-54-28(2)18-38-30(45)20-44(21-31(46)39-25-36(3,4)5)29-12-14-43(19-29)32(47)11-9-10-13-37(40(6)22-33(48)49)26-41(23-34(50)51)15-16-42(27-37)24-35(52)53/h28-29H,7-27H2,1-6H3,(H,38,45)(H,39,46)(H,48,49)(H,50,51)(H,52,53). The van der Waals surface area contributed by atoms with Gasteiger partial charge in [-0.3, -0.25) is 48.4 Å². The lowest BCUT2D eigenvalue weighted by atomic mass is 9.88. The summed E-state index contributed by atoms with van der Waals surface area (Å²) in [5, 5.41) is 34.6. The third-order valence-electron chi connectivity index (χ3n) is 9.98. The number of likely N-dealkylation sites (N-methyl/N-ethyl adjacent to an activating group) is 1. The Morgan fingerprint density at radius 1 is 0.852 bits per heavy atom. The van der Waals surface area contributed by atoms with Crippen molar-refractivity contribution in [3.05, 3.63) is 0 Å². The second-order valence-electron chi connectivity index (χ2n) is 16.3. The molecule has 5 N–H and O–H groups in total. The number of rotatable bonds is 24. The zero-order valence-electron chi connectivity index (χ0n) is 33.4. The molecule has 0 aromatic carbocycles. The van der Waals surface area contributed by atoms with Crippen LogP contribution in [-0.2, 0) is 33.5 Å². The lowest BCUT2D eigenvalue weighted by Crippen LogP contribution is -2.59. The van der Waals surface area contributed by atoms with E-state index in [9.17, 15) is 44.1 Å². The smallest absolute Gasteiger partial charge is 0.317 e. The molecule has 2 aliphatic rings. The summed E-state index contributed by atoms with van der Waals surface area (Å²) in [4.78, 5) is 83.3. The number of hydrogen-bond donors (Lipinski definition) is 5. The van der Waals surface area contributed by atoms with E-state index in [1.165, 1.54) is 0 Å². The van der Waals surface area contributed by atoms with E-state index in [0.29, 0.717) is 71.6 Å². The first-order valence-electron chi connectivity index (χ1n) is 19.3. The number of carbonyl (C=O) groups excluding carboxylic acids is 3. The van der Waals surface area contributed by atoms with Crippen LogP contribution in [0.2, 0.25) is 0 Å². The molecule has 0 aromatic rings. The Balaban J connectivity index is 2.08. The minimum atomic E-state index is -1.06. The third-order valence-corrected chi connectivity index (χ3v) is 9.98. The van der Waals surface area contributed by atoms with E-state index in [2.05, 4.69) is 17.6 Å². The van der Waals surface area contributed by atoms with Crippen LogP contribution < -0.4 is 10.6 Å². The van der Waals surface area contributed by atoms with Crippen molar-refractivity contribution in [1.29, 1.82) is 0 Å². The highest BCUT2D eigenvalue weighted by atomic mass is 16.5. The zero-order chi connectivity index (χ0) is 40.5. The number of likely N-dealkylation sites (tertiary alicyclic amines) is 1. The van der Waals surface area contributed by atoms with E-state index < -0.39 is 23.4 Å². The van der Waals surface area contributed by atoms with Crippen molar-refractivity contribution < 1.29 is 48.8 Å². The molecule has 2 rings (SSSR count). The van der Waals surface area contributed by atoms with Gasteiger partial charge in [0.2, 0.25) is 17.7 Å². The van der Waals surface area contributed by atoms with Crippen molar-refractivity contribution in [2.45, 2.75) is 97.2 Å². The first kappa shape index (κ1) is 46.8. The number of ether oxygens (including phenoxy) is 1. The van der Waals surface area contributed by atoms with Crippen molar-refractivity contribution in [1.82, 2.24) is 35.1 Å². The molecule has 0 aromatic heterocycles. The van der Waals surface area contributed by atoms with Crippen molar-refractivity contribution >= 4 is 35.6 Å². The molecule has 2 aliphatic heterocycles. The number of nitrogens with one attached hydrogen (secondary N) is 2. The highest BCUT2D eigenvalue weighted by molar-refractivity contribution is 5.81. The van der Waals surface area contributed by atoms with Crippen molar-refractivity contribution in [3.63, 3.8) is 0 Å². The molecular formula is C37H67N7O10. The van der Waals surface area contributed by atoms with E-state index in [0.717, 1.165) is 12.8 Å². The predicted molar refractivity (Wildman–Crippen MR) is 202 cm³/mol. The van der Waals surface area contributed by atoms with Crippen molar-refractivity contribution in [2.75, 3.05) is 98.7 Å². The molecule has 310 valence electrons. The number of unbranched alkanes of at least 4 members (excludes halogenated alkanes) is 2. The van der Waals surface area contributed by atoms with E-state index in [-0.39, 0.29) is 87.5 Å². The normalized spacial score (nSPS) is 18.7. The molecule has 54 heavy (non-hydrogen) atoms. The molecule has 2 atom stereocenters. The molecule has 2 saturated heterocycles. The number of aliphatic carboxylic acids is 3. The summed E-state index contributed by atoms with van der Waals surface area (Å²) in [6.07, 6.45) is 4.08. The fourth-order valence-electron chi connectivity index (χ4n) is 7.00. The Kier molecular flexibility index (Phi) is 19.8. The Morgan fingerprint density at radius 3 is 1.98 bits per heavy atom. The Hall–Kier alpha value is -3.38. The van der Waals surface area contributed by atoms with Crippen molar-refractivity contribution in [2.24, 2.45) is 5.41 Å². The number of carboxylic acids is 3. The summed E-state index contributed by atoms with van der Waals surface area (Å²) in [6.45, 7) is 12.7. The van der Waals surface area contributed by atoms with E-state index in [1.54, 1.807) is 26.6 Å². The highest BCUT2D eigenvalue weighted by Crippen LogP contribution is 2.28. The summed E-state index contributed by atoms with van der Waals surface area (Å²) >= 11 is 0. The first-order chi connectivity index (χ1) is 25.3. The van der Waals surface area contributed by atoms with Gasteiger partial charge in [0.25, 0.3) is 0 Å². The molecule has 3 amide bonds. The lowest BCUT2D eigenvalue weighted by molar-refractivity contribution is -0.142. The molecule has 0 radical (unpaired) electrons. The van der Waals surface area contributed by atoms with Crippen LogP contribution in [0.15, 0.2) is 0 Å². The fraction of sp³-hybridized carbons (Fsp3) is 0.838. The summed E-state index contributed by atoms with van der Waals surface area (Å²) < 4.78 is 5.75. The number of hydrogen-bond acceptors (Lipinski definition) is 11. The number of carbonyl (C=O) groups is 6. The van der Waals surface area contributed by atoms with Gasteiger partial charge in [-0.15, -0.1) is 0 Å². The van der Waals surface area contributed by atoms with Gasteiger partial charge in [0.05, 0.1) is 38.8 Å². The van der Waals surface area contributed by atoms with Gasteiger partial charge < -0.3 is 35.6 Å². The number of nitrogens with zero attached hydrogens (tertiary/aromatic N) is 5. The molecule has 0 bridgehead atoms. The third kappa shape index (κ3) is 17.8. The molecule has 2 fully saturated rings. The molecule has 2 heterocycles. The molecular weight excluding hydrogens is 702 g/mol. The predicted octanol–water partition coefficient (Wildman–Crippen LogP) is 0.475. The monoisotopic (exact) mass is 769 g/mol. The average Bonchev–Trinajstić information content (AvgIpc) is 3.49. The van der Waals surface area contributed by atoms with Gasteiger partial charge in [-0.2, -0.15) is 0 Å². The molecule has 17 nitrogen and oxygen atoms in total. The van der Waals surface area contributed by atoms with Crippen LogP contribution in [0, 0.1) is 5.41 Å². The summed E-state index contributed by atoms with van der Waals surface area (Å²) in [6, 6.07) is -0.197. The average molecular weight is 770 g/mol. The molecule has 0 spiro atoms. The van der Waals surface area contributed by atoms with Crippen LogP contribution in [0.4, 0.5) is 0 Å². The van der Waals surface area contributed by atoms with Gasteiger partial charge in [0, 0.05) is 77.0 Å². The van der Waals surface area contributed by atoms with Crippen molar-refractivity contribution in [3.8, 4) is 0 Å². The van der Waals surface area contributed by atoms with Gasteiger partial charge in [0.15, 0.2) is 0 Å². The Labute approximate surface area is 320 Å². The lowest BCUT2D eigenvalue weighted by Gasteiger charge is -2.44. The minimum absolute atomic E-state index is 0.00104. The maximum atomic E-state index is 13.5. The summed E-state index contributed by atoms with van der Waals surface area (Å²) in [5.74, 6) is -3.60. The molecule has 2 unspecified atom stereocenters. The quantitative estimate of drug-likeness (QED) is 0.0846. The van der Waals surface area contributed by atoms with E-state index in [4.69, 9.17) is 4.74 Å². The minimum Gasteiger partial charge on any atom is -0.480 e. The highest BCUT2D eigenvalue weighted by Gasteiger charge is 2.41. The van der Waals surface area contributed by atoms with E-state index >= 15 is 0 Å². The topological polar surface area (TPSA) is 213 Å². The van der Waals surface area contributed by atoms with E-state index in [1.807, 2.05) is 32.6 Å². The molecule has 17 heteroatoms. The number of carboxylic acid groups (broad SMARTS) is 3. The van der Waals surface area contributed by atoms with Crippen LogP contribution in [-0.4, -0.2) is 192 Å². The van der Waals surface area contributed by atoms with Gasteiger partial charge >= 0.3 is 17.9 Å². The van der Waals surface area contributed by atoms with Crippen LogP contribution in [0.1, 0.15) is 79.6 Å². The zero-order valence-corrected chi connectivity index (χ0v) is 33.4. The molecule has 0 aliphatic carbocycles. The second kappa shape index (κ2) is 22.9. The van der Waals surface area contributed by atoms with Gasteiger partial charge in [-0.05, 0) is 45.1 Å². The largest absolute Gasteiger partial charge is 0.480 e. The second-order valence-corrected chi connectivity index (χ2v) is 16.3. The first-order valence-corrected chi connectivity index (χ1v) is 19.3. The summed E-state index contributed by atoms with van der Waals surface area (Å²) in [7, 11) is 1.66. The maximum Gasteiger partial charge on any atom is 0.317 e. The Bertz CT molecular complexity index is 1220.